The van der Waals surface area contributed by atoms with Gasteiger partial charge in [0.15, 0.2) is 0 Å². The van der Waals surface area contributed by atoms with Gasteiger partial charge in [0.05, 0.1) is 5.69 Å². The van der Waals surface area contributed by atoms with Gasteiger partial charge in [0.1, 0.15) is 12.0 Å². The number of benzene rings is 1. The summed E-state index contributed by atoms with van der Waals surface area (Å²) in [7, 11) is 0. The zero-order valence-electron chi connectivity index (χ0n) is 7.19. The highest BCUT2D eigenvalue weighted by molar-refractivity contribution is 5.54. The third kappa shape index (κ3) is 1.54. The van der Waals surface area contributed by atoms with Crippen LogP contribution in [0.15, 0.2) is 34.9 Å². The van der Waals surface area contributed by atoms with E-state index in [2.05, 4.69) is 4.98 Å². The number of aryl methyl sites for hydroxylation is 1. The molecule has 1 heterocycles. The summed E-state index contributed by atoms with van der Waals surface area (Å²) < 4.78 is 5.20. The second-order valence-electron chi connectivity index (χ2n) is 2.84. The van der Waals surface area contributed by atoms with Crippen LogP contribution in [0.1, 0.15) is 5.69 Å². The Hall–Kier alpha value is -1.77. The maximum Gasteiger partial charge on any atom is 0.226 e. The first-order valence-corrected chi connectivity index (χ1v) is 3.97. The highest BCUT2D eigenvalue weighted by Gasteiger charge is 2.03. The van der Waals surface area contributed by atoms with Crippen LogP contribution in [-0.2, 0) is 0 Å². The van der Waals surface area contributed by atoms with Crippen LogP contribution >= 0.6 is 0 Å². The molecule has 0 amide bonds. The molecule has 0 bridgehead atoms. The third-order valence-electron chi connectivity index (χ3n) is 1.73. The normalized spacial score (nSPS) is 10.2. The molecule has 0 aliphatic carbocycles. The quantitative estimate of drug-likeness (QED) is 0.723. The minimum absolute atomic E-state index is 0.243. The van der Waals surface area contributed by atoms with Crippen molar-refractivity contribution < 1.29 is 9.52 Å². The van der Waals surface area contributed by atoms with Gasteiger partial charge in [-0.25, -0.2) is 4.98 Å². The van der Waals surface area contributed by atoms with Crippen LogP contribution < -0.4 is 0 Å². The molecule has 1 aromatic carbocycles. The zero-order valence-corrected chi connectivity index (χ0v) is 7.19. The molecule has 0 fully saturated rings. The first kappa shape index (κ1) is 7.86. The van der Waals surface area contributed by atoms with Crippen LogP contribution in [0.4, 0.5) is 0 Å². The number of phenols is 1. The zero-order chi connectivity index (χ0) is 9.26. The van der Waals surface area contributed by atoms with Gasteiger partial charge in [-0.2, -0.15) is 0 Å². The lowest BCUT2D eigenvalue weighted by Gasteiger charge is -1.94. The Labute approximate surface area is 75.7 Å². The smallest absolute Gasteiger partial charge is 0.226 e. The fourth-order valence-corrected chi connectivity index (χ4v) is 1.09. The number of hydrogen-bond donors (Lipinski definition) is 1. The molecule has 3 heteroatoms. The van der Waals surface area contributed by atoms with Gasteiger partial charge < -0.3 is 9.52 Å². The predicted molar refractivity (Wildman–Crippen MR) is 48.3 cm³/mol. The van der Waals surface area contributed by atoms with Crippen molar-refractivity contribution in [3.05, 3.63) is 36.2 Å². The van der Waals surface area contributed by atoms with Crippen molar-refractivity contribution in [2.45, 2.75) is 6.92 Å². The highest BCUT2D eigenvalue weighted by atomic mass is 16.3. The topological polar surface area (TPSA) is 46.3 Å². The molecule has 0 atom stereocenters. The van der Waals surface area contributed by atoms with Crippen LogP contribution in [0.3, 0.4) is 0 Å². The summed E-state index contributed by atoms with van der Waals surface area (Å²) in [5.74, 6) is 0.824. The number of hydrogen-bond acceptors (Lipinski definition) is 3. The minimum atomic E-state index is 0.243. The second kappa shape index (κ2) is 2.94. The first-order chi connectivity index (χ1) is 6.25. The summed E-state index contributed by atoms with van der Waals surface area (Å²) in [6.07, 6.45) is 1.60. The Morgan fingerprint density at radius 3 is 2.46 bits per heavy atom. The molecular formula is C10H9NO2. The number of aromatic hydroxyl groups is 1. The summed E-state index contributed by atoms with van der Waals surface area (Å²) in [4.78, 5) is 4.16. The van der Waals surface area contributed by atoms with E-state index in [1.807, 2.05) is 6.92 Å². The van der Waals surface area contributed by atoms with Crippen molar-refractivity contribution >= 4 is 0 Å². The van der Waals surface area contributed by atoms with Gasteiger partial charge >= 0.3 is 0 Å². The van der Waals surface area contributed by atoms with E-state index in [-0.39, 0.29) is 5.75 Å². The van der Waals surface area contributed by atoms with E-state index in [1.165, 1.54) is 0 Å². The van der Waals surface area contributed by atoms with Gasteiger partial charge in [-0.3, -0.25) is 0 Å². The van der Waals surface area contributed by atoms with Crippen LogP contribution in [0.2, 0.25) is 0 Å². The summed E-state index contributed by atoms with van der Waals surface area (Å²) in [5.41, 5.74) is 1.72. The van der Waals surface area contributed by atoms with Gasteiger partial charge in [0.2, 0.25) is 5.89 Å². The number of oxazole rings is 1. The summed E-state index contributed by atoms with van der Waals surface area (Å²) in [6, 6.07) is 6.74. The van der Waals surface area contributed by atoms with Crippen molar-refractivity contribution in [3.8, 4) is 17.2 Å². The molecule has 0 saturated carbocycles. The van der Waals surface area contributed by atoms with Gasteiger partial charge in [-0.05, 0) is 31.2 Å². The molecule has 0 spiro atoms. The van der Waals surface area contributed by atoms with E-state index in [0.717, 1.165) is 11.3 Å². The summed E-state index contributed by atoms with van der Waals surface area (Å²) in [6.45, 7) is 1.87. The standard InChI is InChI=1S/C10H9NO2/c1-7-6-13-10(11-7)8-2-4-9(12)5-3-8/h2-6,12H,1H3. The van der Waals surface area contributed by atoms with E-state index in [0.29, 0.717) is 5.89 Å². The molecule has 3 nitrogen and oxygen atoms in total. The van der Waals surface area contributed by atoms with Crippen LogP contribution in [-0.4, -0.2) is 10.1 Å². The van der Waals surface area contributed by atoms with E-state index >= 15 is 0 Å². The van der Waals surface area contributed by atoms with Crippen molar-refractivity contribution in [3.63, 3.8) is 0 Å². The van der Waals surface area contributed by atoms with Crippen molar-refractivity contribution in [1.29, 1.82) is 0 Å². The minimum Gasteiger partial charge on any atom is -0.508 e. The molecule has 0 unspecified atom stereocenters. The molecular weight excluding hydrogens is 166 g/mol. The molecule has 2 aromatic rings. The Kier molecular flexibility index (Phi) is 1.77. The second-order valence-corrected chi connectivity index (χ2v) is 2.84. The number of aromatic nitrogens is 1. The fourth-order valence-electron chi connectivity index (χ4n) is 1.09. The van der Waals surface area contributed by atoms with Crippen molar-refractivity contribution in [2.75, 3.05) is 0 Å². The van der Waals surface area contributed by atoms with E-state index in [1.54, 1.807) is 30.5 Å². The Morgan fingerprint density at radius 1 is 1.23 bits per heavy atom. The average Bonchev–Trinajstić information content (AvgIpc) is 2.53. The summed E-state index contributed by atoms with van der Waals surface area (Å²) >= 11 is 0. The predicted octanol–water partition coefficient (Wildman–Crippen LogP) is 2.36. The first-order valence-electron chi connectivity index (χ1n) is 3.97. The number of nitrogens with zero attached hydrogens (tertiary/aromatic N) is 1. The van der Waals surface area contributed by atoms with Crippen LogP contribution in [0.25, 0.3) is 11.5 Å². The van der Waals surface area contributed by atoms with E-state index in [9.17, 15) is 0 Å². The molecule has 0 saturated heterocycles. The lowest BCUT2D eigenvalue weighted by Crippen LogP contribution is -1.76. The molecule has 2 rings (SSSR count). The summed E-state index contributed by atoms with van der Waals surface area (Å²) in [5, 5.41) is 9.06. The third-order valence-corrected chi connectivity index (χ3v) is 1.73. The Morgan fingerprint density at radius 2 is 1.92 bits per heavy atom. The van der Waals surface area contributed by atoms with Gasteiger partial charge in [-0.1, -0.05) is 0 Å². The maximum absolute atomic E-state index is 9.06. The monoisotopic (exact) mass is 175 g/mol. The SMILES string of the molecule is Cc1coc(-c2ccc(O)cc2)n1. The largest absolute Gasteiger partial charge is 0.508 e. The Bertz CT molecular complexity index is 403. The lowest BCUT2D eigenvalue weighted by atomic mass is 10.2. The molecule has 0 aliphatic heterocycles. The molecule has 0 aliphatic rings. The molecule has 1 aromatic heterocycles. The average molecular weight is 175 g/mol. The number of rotatable bonds is 1. The molecule has 66 valence electrons. The van der Waals surface area contributed by atoms with Gasteiger partial charge in [0, 0.05) is 5.56 Å². The van der Waals surface area contributed by atoms with Crippen molar-refractivity contribution in [1.82, 2.24) is 4.98 Å². The number of phenolic OH excluding ortho intramolecular Hbond substituents is 1. The Balaban J connectivity index is 2.41. The van der Waals surface area contributed by atoms with Gasteiger partial charge in [0.25, 0.3) is 0 Å². The molecule has 13 heavy (non-hydrogen) atoms. The molecule has 1 N–H and O–H groups in total. The van der Waals surface area contributed by atoms with Crippen LogP contribution in [0.5, 0.6) is 5.75 Å². The van der Waals surface area contributed by atoms with E-state index < -0.39 is 0 Å². The van der Waals surface area contributed by atoms with Gasteiger partial charge in [-0.15, -0.1) is 0 Å². The van der Waals surface area contributed by atoms with Crippen molar-refractivity contribution in [2.24, 2.45) is 0 Å². The fraction of sp³-hybridized carbons (Fsp3) is 0.100. The van der Waals surface area contributed by atoms with Crippen LogP contribution in [0, 0.1) is 6.92 Å². The highest BCUT2D eigenvalue weighted by Crippen LogP contribution is 2.20. The molecule has 0 radical (unpaired) electrons. The van der Waals surface area contributed by atoms with E-state index in [4.69, 9.17) is 9.52 Å². The maximum atomic E-state index is 9.06. The lowest BCUT2D eigenvalue weighted by molar-refractivity contribution is 0.475.